The van der Waals surface area contributed by atoms with Crippen molar-refractivity contribution in [2.45, 2.75) is 0 Å². The maximum absolute atomic E-state index is 4.70. The molecule has 19 heavy (non-hydrogen) atoms. The summed E-state index contributed by atoms with van der Waals surface area (Å²) in [4.78, 5) is 20.8. The van der Waals surface area contributed by atoms with Gasteiger partial charge in [0.1, 0.15) is 23.4 Å². The van der Waals surface area contributed by atoms with Crippen LogP contribution in [0.4, 0.5) is 0 Å². The SMILES string of the molecule is CN1CCN=C1C(C1=NCCN1C)C1=NCCN1C. The van der Waals surface area contributed by atoms with E-state index in [-0.39, 0.29) is 5.92 Å². The average molecular weight is 262 g/mol. The molecule has 0 aromatic rings. The fraction of sp³-hybridized carbons (Fsp3) is 0.769. The summed E-state index contributed by atoms with van der Waals surface area (Å²) < 4.78 is 0. The van der Waals surface area contributed by atoms with Gasteiger partial charge in [-0.15, -0.1) is 0 Å². The zero-order valence-corrected chi connectivity index (χ0v) is 12.0. The van der Waals surface area contributed by atoms with Gasteiger partial charge in [0.25, 0.3) is 0 Å². The lowest BCUT2D eigenvalue weighted by molar-refractivity contribution is 0.503. The van der Waals surface area contributed by atoms with Gasteiger partial charge in [-0.25, -0.2) is 0 Å². The first-order chi connectivity index (χ1) is 9.18. The van der Waals surface area contributed by atoms with Crippen molar-refractivity contribution >= 4 is 17.5 Å². The van der Waals surface area contributed by atoms with Crippen LogP contribution in [0.25, 0.3) is 0 Å². The fourth-order valence-electron chi connectivity index (χ4n) is 2.93. The monoisotopic (exact) mass is 262 g/mol. The Balaban J connectivity index is 1.96. The van der Waals surface area contributed by atoms with Crippen molar-refractivity contribution in [3.8, 4) is 0 Å². The van der Waals surface area contributed by atoms with E-state index >= 15 is 0 Å². The molecule has 0 amide bonds. The molecule has 104 valence electrons. The van der Waals surface area contributed by atoms with E-state index in [4.69, 9.17) is 15.0 Å². The molecule has 3 aliphatic rings. The zero-order chi connectivity index (χ0) is 13.4. The first-order valence-electron chi connectivity index (χ1n) is 6.95. The van der Waals surface area contributed by atoms with Gasteiger partial charge in [-0.2, -0.15) is 0 Å². The molecule has 0 saturated heterocycles. The zero-order valence-electron chi connectivity index (χ0n) is 12.0. The Morgan fingerprint density at radius 3 is 1.21 bits per heavy atom. The van der Waals surface area contributed by atoms with Crippen molar-refractivity contribution in [3.63, 3.8) is 0 Å². The van der Waals surface area contributed by atoms with Gasteiger partial charge in [0, 0.05) is 40.8 Å². The second-order valence-corrected chi connectivity index (χ2v) is 5.42. The molecule has 0 aromatic carbocycles. The van der Waals surface area contributed by atoms with Crippen molar-refractivity contribution < 1.29 is 0 Å². The molecule has 6 heteroatoms. The van der Waals surface area contributed by atoms with E-state index in [1.807, 2.05) is 0 Å². The molecule has 0 atom stereocenters. The largest absolute Gasteiger partial charge is 0.361 e. The van der Waals surface area contributed by atoms with Crippen LogP contribution in [-0.4, -0.2) is 92.6 Å². The molecular weight excluding hydrogens is 240 g/mol. The van der Waals surface area contributed by atoms with Crippen LogP contribution in [0, 0.1) is 5.92 Å². The molecule has 0 unspecified atom stereocenters. The maximum atomic E-state index is 4.70. The quantitative estimate of drug-likeness (QED) is 0.697. The van der Waals surface area contributed by atoms with E-state index in [0.717, 1.165) is 56.8 Å². The van der Waals surface area contributed by atoms with Crippen LogP contribution in [0.1, 0.15) is 0 Å². The standard InChI is InChI=1S/C13H22N6/c1-17-7-4-14-11(17)10(12-15-5-8-18(12)2)13-16-6-9-19(13)3/h10H,4-9H2,1-3H3. The number of aliphatic imine (C=N–C) groups is 3. The third kappa shape index (κ3) is 2.09. The molecule has 0 spiro atoms. The van der Waals surface area contributed by atoms with Gasteiger partial charge < -0.3 is 14.7 Å². The highest BCUT2D eigenvalue weighted by Gasteiger charge is 2.37. The minimum atomic E-state index is 0.118. The van der Waals surface area contributed by atoms with E-state index in [1.54, 1.807) is 0 Å². The lowest BCUT2D eigenvalue weighted by Gasteiger charge is -2.30. The van der Waals surface area contributed by atoms with Crippen molar-refractivity contribution in [1.29, 1.82) is 0 Å². The fourth-order valence-corrected chi connectivity index (χ4v) is 2.93. The van der Waals surface area contributed by atoms with Crippen LogP contribution >= 0.6 is 0 Å². The van der Waals surface area contributed by atoms with Crippen molar-refractivity contribution in [2.75, 3.05) is 60.4 Å². The van der Waals surface area contributed by atoms with E-state index in [2.05, 4.69) is 35.8 Å². The average Bonchev–Trinajstić information content (AvgIpc) is 3.07. The Morgan fingerprint density at radius 1 is 0.684 bits per heavy atom. The second-order valence-electron chi connectivity index (χ2n) is 5.42. The molecule has 0 aliphatic carbocycles. The molecule has 3 rings (SSSR count). The molecule has 6 nitrogen and oxygen atoms in total. The number of amidine groups is 3. The first kappa shape index (κ1) is 12.4. The van der Waals surface area contributed by atoms with Gasteiger partial charge in [0.05, 0.1) is 19.6 Å². The topological polar surface area (TPSA) is 46.8 Å². The normalized spacial score (nSPS) is 23.4. The van der Waals surface area contributed by atoms with Gasteiger partial charge in [0.2, 0.25) is 0 Å². The predicted molar refractivity (Wildman–Crippen MR) is 78.3 cm³/mol. The Hall–Kier alpha value is -1.59. The van der Waals surface area contributed by atoms with E-state index in [1.165, 1.54) is 0 Å². The maximum Gasteiger partial charge on any atom is 0.131 e. The van der Waals surface area contributed by atoms with E-state index in [9.17, 15) is 0 Å². The molecule has 0 bridgehead atoms. The summed E-state index contributed by atoms with van der Waals surface area (Å²) in [5.74, 6) is 3.49. The molecule has 3 aliphatic heterocycles. The van der Waals surface area contributed by atoms with Crippen LogP contribution in [0.15, 0.2) is 15.0 Å². The highest BCUT2D eigenvalue weighted by atomic mass is 15.3. The molecular formula is C13H22N6. The van der Waals surface area contributed by atoms with Gasteiger partial charge in [-0.05, 0) is 0 Å². The van der Waals surface area contributed by atoms with Crippen molar-refractivity contribution in [1.82, 2.24) is 14.7 Å². The van der Waals surface area contributed by atoms with Crippen LogP contribution < -0.4 is 0 Å². The van der Waals surface area contributed by atoms with E-state index in [0.29, 0.717) is 0 Å². The Labute approximate surface area is 114 Å². The minimum absolute atomic E-state index is 0.118. The number of likely N-dealkylation sites (N-methyl/N-ethyl adjacent to an activating group) is 3. The Bertz CT molecular complexity index is 385. The summed E-state index contributed by atoms with van der Waals surface area (Å²) in [5.41, 5.74) is 0. The third-order valence-electron chi connectivity index (χ3n) is 4.08. The summed E-state index contributed by atoms with van der Waals surface area (Å²) in [6.07, 6.45) is 0. The Kier molecular flexibility index (Phi) is 3.16. The first-order valence-corrected chi connectivity index (χ1v) is 6.95. The summed E-state index contributed by atoms with van der Waals surface area (Å²) in [6.45, 7) is 5.66. The number of rotatable bonds is 3. The van der Waals surface area contributed by atoms with E-state index < -0.39 is 0 Å². The van der Waals surface area contributed by atoms with Gasteiger partial charge in [-0.3, -0.25) is 15.0 Å². The molecule has 3 heterocycles. The predicted octanol–water partition coefficient (Wildman–Crippen LogP) is -0.366. The van der Waals surface area contributed by atoms with Gasteiger partial charge >= 0.3 is 0 Å². The lowest BCUT2D eigenvalue weighted by atomic mass is 10.0. The van der Waals surface area contributed by atoms with Gasteiger partial charge in [-0.1, -0.05) is 0 Å². The summed E-state index contributed by atoms with van der Waals surface area (Å²) in [5, 5.41) is 0. The summed E-state index contributed by atoms with van der Waals surface area (Å²) in [6, 6.07) is 0. The molecule has 0 aromatic heterocycles. The number of hydrogen-bond acceptors (Lipinski definition) is 6. The van der Waals surface area contributed by atoms with Crippen LogP contribution in [-0.2, 0) is 0 Å². The lowest BCUT2D eigenvalue weighted by Crippen LogP contribution is -2.47. The summed E-state index contributed by atoms with van der Waals surface area (Å²) in [7, 11) is 6.34. The molecule has 0 radical (unpaired) electrons. The smallest absolute Gasteiger partial charge is 0.131 e. The van der Waals surface area contributed by atoms with Crippen LogP contribution in [0.2, 0.25) is 0 Å². The van der Waals surface area contributed by atoms with Gasteiger partial charge in [0.15, 0.2) is 0 Å². The minimum Gasteiger partial charge on any atom is -0.361 e. The second kappa shape index (κ2) is 4.83. The number of nitrogens with zero attached hydrogens (tertiary/aromatic N) is 6. The summed E-state index contributed by atoms with van der Waals surface area (Å²) >= 11 is 0. The van der Waals surface area contributed by atoms with Crippen LogP contribution in [0.5, 0.6) is 0 Å². The molecule has 0 saturated carbocycles. The molecule has 0 fully saturated rings. The molecule has 0 N–H and O–H groups in total. The van der Waals surface area contributed by atoms with Crippen molar-refractivity contribution in [3.05, 3.63) is 0 Å². The number of hydrogen-bond donors (Lipinski definition) is 0. The van der Waals surface area contributed by atoms with Crippen molar-refractivity contribution in [2.24, 2.45) is 20.9 Å². The Morgan fingerprint density at radius 2 is 1.00 bits per heavy atom. The highest BCUT2D eigenvalue weighted by Crippen LogP contribution is 2.21. The van der Waals surface area contributed by atoms with Crippen LogP contribution in [0.3, 0.4) is 0 Å². The third-order valence-corrected chi connectivity index (χ3v) is 4.08. The highest BCUT2D eigenvalue weighted by molar-refractivity contribution is 6.22.